The molecule has 0 bridgehead atoms. The number of imidazole rings is 1. The minimum absolute atomic E-state index is 0.350. The average molecular weight is 372 g/mol. The van der Waals surface area contributed by atoms with Crippen LogP contribution in [0.1, 0.15) is 57.8 Å². The van der Waals surface area contributed by atoms with Crippen LogP contribution < -0.4 is 5.32 Å². The summed E-state index contributed by atoms with van der Waals surface area (Å²) in [7, 11) is 1.38. The molecule has 0 saturated carbocycles. The number of carbonyl (C=O) groups excluding carboxylic acids is 1. The van der Waals surface area contributed by atoms with Gasteiger partial charge in [-0.2, -0.15) is 0 Å². The van der Waals surface area contributed by atoms with E-state index < -0.39 is 0 Å². The zero-order valence-electron chi connectivity index (χ0n) is 17.1. The minimum Gasteiger partial charge on any atom is -0.466 e. The maximum Gasteiger partial charge on any atom is 0.330 e. The second kappa shape index (κ2) is 10.9. The maximum atomic E-state index is 11.3. The molecular formula is C22H33N3O2. The standard InChI is InChI=1S/C22H33N3O2/c1-5-6-7-8-9-21-24-19-16-18(11-13-22(26)27-4)10-12-20(19)25(21)15-14-23-17(2)3/h10-13,16-17,23H,5-9,14-15H2,1-4H3/b13-11+. The Bertz CT molecular complexity index is 762. The molecule has 1 aromatic carbocycles. The molecule has 0 aliphatic heterocycles. The van der Waals surface area contributed by atoms with Gasteiger partial charge in [0, 0.05) is 31.6 Å². The molecule has 0 saturated heterocycles. The van der Waals surface area contributed by atoms with Crippen LogP contribution in [0.4, 0.5) is 0 Å². The summed E-state index contributed by atoms with van der Waals surface area (Å²) in [5.74, 6) is 0.803. The number of aryl methyl sites for hydroxylation is 1. The van der Waals surface area contributed by atoms with Crippen molar-refractivity contribution in [2.45, 2.75) is 65.5 Å². The molecule has 0 fully saturated rings. The summed E-state index contributed by atoms with van der Waals surface area (Å²) in [6, 6.07) is 6.64. The lowest BCUT2D eigenvalue weighted by atomic mass is 10.1. The summed E-state index contributed by atoms with van der Waals surface area (Å²) in [4.78, 5) is 16.2. The smallest absolute Gasteiger partial charge is 0.330 e. The van der Waals surface area contributed by atoms with Crippen LogP contribution in [0.2, 0.25) is 0 Å². The van der Waals surface area contributed by atoms with Crippen LogP contribution in [-0.2, 0) is 22.5 Å². The molecule has 1 N–H and O–H groups in total. The third kappa shape index (κ3) is 6.51. The number of carbonyl (C=O) groups is 1. The molecule has 0 aliphatic carbocycles. The van der Waals surface area contributed by atoms with Crippen LogP contribution in [-0.4, -0.2) is 35.2 Å². The number of unbranched alkanes of at least 4 members (excludes halogenated alkanes) is 3. The van der Waals surface area contributed by atoms with E-state index in [4.69, 9.17) is 4.98 Å². The third-order valence-corrected chi connectivity index (χ3v) is 4.61. The van der Waals surface area contributed by atoms with E-state index in [9.17, 15) is 4.79 Å². The van der Waals surface area contributed by atoms with Crippen molar-refractivity contribution in [1.29, 1.82) is 0 Å². The Morgan fingerprint density at radius 3 is 2.81 bits per heavy atom. The molecule has 0 atom stereocenters. The summed E-state index contributed by atoms with van der Waals surface area (Å²) < 4.78 is 7.00. The first-order chi connectivity index (χ1) is 13.0. The number of benzene rings is 1. The van der Waals surface area contributed by atoms with Gasteiger partial charge in [0.1, 0.15) is 5.82 Å². The topological polar surface area (TPSA) is 56.1 Å². The third-order valence-electron chi connectivity index (χ3n) is 4.61. The van der Waals surface area contributed by atoms with Gasteiger partial charge in [0.05, 0.1) is 18.1 Å². The van der Waals surface area contributed by atoms with Crippen molar-refractivity contribution in [2.75, 3.05) is 13.7 Å². The van der Waals surface area contributed by atoms with Crippen LogP contribution in [0, 0.1) is 0 Å². The fraction of sp³-hybridized carbons (Fsp3) is 0.545. The second-order valence-electron chi connectivity index (χ2n) is 7.20. The molecule has 0 spiro atoms. The molecule has 0 unspecified atom stereocenters. The molecule has 0 aliphatic rings. The highest BCUT2D eigenvalue weighted by molar-refractivity contribution is 5.88. The SMILES string of the molecule is CCCCCCc1nc2cc(/C=C/C(=O)OC)ccc2n1CCNC(C)C. The molecular weight excluding hydrogens is 338 g/mol. The van der Waals surface area contributed by atoms with Crippen molar-refractivity contribution in [2.24, 2.45) is 0 Å². The van der Waals surface area contributed by atoms with Gasteiger partial charge in [0.15, 0.2) is 0 Å². The van der Waals surface area contributed by atoms with Crippen LogP contribution in [0.3, 0.4) is 0 Å². The van der Waals surface area contributed by atoms with Gasteiger partial charge in [-0.1, -0.05) is 46.1 Å². The zero-order chi connectivity index (χ0) is 19.6. The van der Waals surface area contributed by atoms with Crippen molar-refractivity contribution in [3.05, 3.63) is 35.7 Å². The first-order valence-corrected chi connectivity index (χ1v) is 10.0. The van der Waals surface area contributed by atoms with Gasteiger partial charge in [-0.3, -0.25) is 0 Å². The Morgan fingerprint density at radius 2 is 2.11 bits per heavy atom. The van der Waals surface area contributed by atoms with Crippen LogP contribution in [0.15, 0.2) is 24.3 Å². The Labute approximate surface area is 162 Å². The Hall–Kier alpha value is -2.14. The van der Waals surface area contributed by atoms with Gasteiger partial charge in [-0.25, -0.2) is 9.78 Å². The lowest BCUT2D eigenvalue weighted by molar-refractivity contribution is -0.134. The van der Waals surface area contributed by atoms with E-state index in [0.29, 0.717) is 6.04 Å². The molecule has 1 heterocycles. The van der Waals surface area contributed by atoms with Gasteiger partial charge in [0.25, 0.3) is 0 Å². The van der Waals surface area contributed by atoms with E-state index in [1.807, 2.05) is 12.1 Å². The largest absolute Gasteiger partial charge is 0.466 e. The number of methoxy groups -OCH3 is 1. The highest BCUT2D eigenvalue weighted by Crippen LogP contribution is 2.20. The molecule has 148 valence electrons. The molecule has 0 radical (unpaired) electrons. The summed E-state index contributed by atoms with van der Waals surface area (Å²) in [5, 5.41) is 3.49. The summed E-state index contributed by atoms with van der Waals surface area (Å²) >= 11 is 0. The van der Waals surface area contributed by atoms with Gasteiger partial charge >= 0.3 is 5.97 Å². The van der Waals surface area contributed by atoms with E-state index in [0.717, 1.165) is 41.9 Å². The number of hydrogen-bond acceptors (Lipinski definition) is 4. The molecule has 0 amide bonds. The highest BCUT2D eigenvalue weighted by atomic mass is 16.5. The van der Waals surface area contributed by atoms with Gasteiger partial charge in [-0.15, -0.1) is 0 Å². The Balaban J connectivity index is 2.23. The molecule has 1 aromatic heterocycles. The van der Waals surface area contributed by atoms with E-state index >= 15 is 0 Å². The van der Waals surface area contributed by atoms with Crippen LogP contribution in [0.5, 0.6) is 0 Å². The fourth-order valence-corrected chi connectivity index (χ4v) is 3.15. The lowest BCUT2D eigenvalue weighted by Crippen LogP contribution is -2.27. The summed E-state index contributed by atoms with van der Waals surface area (Å²) in [6.45, 7) is 8.40. The van der Waals surface area contributed by atoms with E-state index in [1.165, 1.54) is 38.9 Å². The van der Waals surface area contributed by atoms with Crippen LogP contribution >= 0.6 is 0 Å². The molecule has 5 heteroatoms. The summed E-state index contributed by atoms with van der Waals surface area (Å²) in [5.41, 5.74) is 3.09. The predicted octanol–water partition coefficient (Wildman–Crippen LogP) is 4.34. The predicted molar refractivity (Wildman–Crippen MR) is 112 cm³/mol. The number of fused-ring (bicyclic) bond motifs is 1. The number of hydrogen-bond donors (Lipinski definition) is 1. The van der Waals surface area contributed by atoms with Crippen molar-refractivity contribution < 1.29 is 9.53 Å². The zero-order valence-corrected chi connectivity index (χ0v) is 17.1. The van der Waals surface area contributed by atoms with E-state index in [2.05, 4.69) is 41.5 Å². The number of nitrogens with zero attached hydrogens (tertiary/aromatic N) is 2. The second-order valence-corrected chi connectivity index (χ2v) is 7.20. The number of esters is 1. The van der Waals surface area contributed by atoms with Gasteiger partial charge in [0.2, 0.25) is 0 Å². The number of ether oxygens (including phenoxy) is 1. The van der Waals surface area contributed by atoms with Crippen molar-refractivity contribution in [1.82, 2.24) is 14.9 Å². The molecule has 5 nitrogen and oxygen atoms in total. The van der Waals surface area contributed by atoms with Gasteiger partial charge in [-0.05, 0) is 30.2 Å². The molecule has 2 aromatic rings. The van der Waals surface area contributed by atoms with Gasteiger partial charge < -0.3 is 14.6 Å². The van der Waals surface area contributed by atoms with Crippen LogP contribution in [0.25, 0.3) is 17.1 Å². The Kier molecular flexibility index (Phi) is 8.52. The molecule has 27 heavy (non-hydrogen) atoms. The van der Waals surface area contributed by atoms with Crippen molar-refractivity contribution in [3.63, 3.8) is 0 Å². The normalized spacial score (nSPS) is 11.7. The fourth-order valence-electron chi connectivity index (χ4n) is 3.15. The van der Waals surface area contributed by atoms with E-state index in [-0.39, 0.29) is 5.97 Å². The van der Waals surface area contributed by atoms with E-state index in [1.54, 1.807) is 6.08 Å². The molecule has 2 rings (SSSR count). The number of rotatable bonds is 11. The maximum absolute atomic E-state index is 11.3. The Morgan fingerprint density at radius 1 is 1.30 bits per heavy atom. The lowest BCUT2D eigenvalue weighted by Gasteiger charge is -2.12. The first-order valence-electron chi connectivity index (χ1n) is 10.0. The van der Waals surface area contributed by atoms with Crippen molar-refractivity contribution >= 4 is 23.1 Å². The number of aromatic nitrogens is 2. The highest BCUT2D eigenvalue weighted by Gasteiger charge is 2.11. The monoisotopic (exact) mass is 371 g/mol. The summed E-state index contributed by atoms with van der Waals surface area (Å²) in [6.07, 6.45) is 9.15. The quantitative estimate of drug-likeness (QED) is 0.363. The first kappa shape index (κ1) is 21.2. The minimum atomic E-state index is -0.350. The number of nitrogens with one attached hydrogen (secondary N) is 1. The average Bonchev–Trinajstić information content (AvgIpc) is 2.99. The van der Waals surface area contributed by atoms with Crippen molar-refractivity contribution in [3.8, 4) is 0 Å².